The number of unbranched alkanes of at least 4 members (excludes halogenated alkanes) is 10. The minimum Gasteiger partial charge on any atom is -0.466 e. The van der Waals surface area contributed by atoms with Crippen LogP contribution in [-0.4, -0.2) is 248 Å². The second-order valence-corrected chi connectivity index (χ2v) is 29.7. The van der Waals surface area contributed by atoms with Crippen LogP contribution in [-0.2, 0) is 95.3 Å². The average molecular weight is 1570 g/mol. The molecule has 0 aromatic carbocycles. The number of hydrogen-bond donors (Lipinski definition) is 0. The lowest BCUT2D eigenvalue weighted by atomic mass is 10.00. The predicted octanol–water partition coefficient (Wildman–Crippen LogP) is 13.9. The van der Waals surface area contributed by atoms with E-state index in [1.165, 1.54) is 0 Å². The Morgan fingerprint density at radius 1 is 0.236 bits per heavy atom. The number of carbonyl (C=O) groups is 10. The molecule has 25 heteroatoms. The number of esters is 10. The molecule has 0 bridgehead atoms. The lowest BCUT2D eigenvalue weighted by molar-refractivity contribution is -0.150. The third-order valence-corrected chi connectivity index (χ3v) is 20.7. The second kappa shape index (κ2) is 70.2. The second-order valence-electron chi connectivity index (χ2n) is 29.7. The largest absolute Gasteiger partial charge is 0.466 e. The summed E-state index contributed by atoms with van der Waals surface area (Å²) < 4.78 is 56.0. The summed E-state index contributed by atoms with van der Waals surface area (Å²) in [5, 5.41) is 0. The number of hydrogen-bond acceptors (Lipinski definition) is 25. The Morgan fingerprint density at radius 3 is 0.591 bits per heavy atom. The molecular weight excluding hydrogens is 1410 g/mol. The summed E-state index contributed by atoms with van der Waals surface area (Å²) in [5.41, 5.74) is 0. The van der Waals surface area contributed by atoms with Gasteiger partial charge in [-0.05, 0) is 128 Å². The van der Waals surface area contributed by atoms with Crippen molar-refractivity contribution in [2.45, 2.75) is 294 Å². The molecule has 0 radical (unpaired) electrons. The van der Waals surface area contributed by atoms with Crippen molar-refractivity contribution in [3.05, 3.63) is 0 Å². The number of rotatable bonds is 74. The van der Waals surface area contributed by atoms with Crippen molar-refractivity contribution in [2.24, 2.45) is 29.6 Å². The lowest BCUT2D eigenvalue weighted by Gasteiger charge is -2.37. The molecule has 640 valence electrons. The fraction of sp³-hybridized carbons (Fsp3) is 0.882. The molecule has 1 rings (SSSR count). The Bertz CT molecular complexity index is 2290. The Morgan fingerprint density at radius 2 is 0.409 bits per heavy atom. The van der Waals surface area contributed by atoms with Crippen LogP contribution in [0.4, 0.5) is 0 Å². The van der Waals surface area contributed by atoms with E-state index in [4.69, 9.17) is 47.4 Å². The van der Waals surface area contributed by atoms with Crippen LogP contribution in [0.1, 0.15) is 294 Å². The van der Waals surface area contributed by atoms with Gasteiger partial charge < -0.3 is 62.1 Å². The van der Waals surface area contributed by atoms with Gasteiger partial charge >= 0.3 is 59.7 Å². The molecule has 0 aromatic heterocycles. The Balaban J connectivity index is 3.20. The van der Waals surface area contributed by atoms with Crippen molar-refractivity contribution in [3.63, 3.8) is 0 Å². The summed E-state index contributed by atoms with van der Waals surface area (Å²) in [5.74, 6) is -3.18. The first-order chi connectivity index (χ1) is 53.3. The van der Waals surface area contributed by atoms with Gasteiger partial charge in [0.2, 0.25) is 0 Å². The fourth-order valence-corrected chi connectivity index (χ4v) is 12.8. The van der Waals surface area contributed by atoms with Crippen molar-refractivity contribution in [1.82, 2.24) is 24.5 Å². The minimum absolute atomic E-state index is 0.0720. The molecule has 0 saturated carbocycles. The third kappa shape index (κ3) is 54.3. The van der Waals surface area contributed by atoms with Gasteiger partial charge in [-0.15, -0.1) is 0 Å². The summed E-state index contributed by atoms with van der Waals surface area (Å²) in [7, 11) is 0. The monoisotopic (exact) mass is 1570 g/mol. The zero-order valence-corrected chi connectivity index (χ0v) is 70.7. The molecule has 1 aliphatic heterocycles. The molecule has 0 N–H and O–H groups in total. The summed E-state index contributed by atoms with van der Waals surface area (Å²) in [6, 6.07) is 0. The number of nitrogens with zero attached hydrogens (tertiary/aromatic N) is 5. The van der Waals surface area contributed by atoms with Crippen LogP contribution in [0.25, 0.3) is 0 Å². The molecule has 0 aliphatic carbocycles. The molecule has 1 aliphatic rings. The highest BCUT2D eigenvalue weighted by Crippen LogP contribution is 2.20. The van der Waals surface area contributed by atoms with Crippen LogP contribution in [0.5, 0.6) is 0 Å². The highest BCUT2D eigenvalue weighted by Gasteiger charge is 2.25. The maximum atomic E-state index is 13.4. The fourth-order valence-electron chi connectivity index (χ4n) is 12.8. The normalized spacial score (nSPS) is 14.0. The minimum atomic E-state index is -0.385. The maximum Gasteiger partial charge on any atom is 0.308 e. The van der Waals surface area contributed by atoms with Crippen LogP contribution in [0.2, 0.25) is 0 Å². The van der Waals surface area contributed by atoms with Gasteiger partial charge in [-0.2, -0.15) is 0 Å². The quantitative estimate of drug-likeness (QED) is 0.0311. The third-order valence-electron chi connectivity index (χ3n) is 20.7. The van der Waals surface area contributed by atoms with Crippen LogP contribution >= 0.6 is 0 Å². The summed E-state index contributed by atoms with van der Waals surface area (Å²) in [4.78, 5) is 140. The van der Waals surface area contributed by atoms with Gasteiger partial charge in [-0.3, -0.25) is 57.7 Å². The molecule has 1 fully saturated rings. The highest BCUT2D eigenvalue weighted by molar-refractivity contribution is 5.75. The Hall–Kier alpha value is -5.50. The molecule has 0 aromatic rings. The first-order valence-electron chi connectivity index (χ1n) is 43.6. The standard InChI is InChI=1S/C85H155N5O20/c1-11-21-36-71(16-6)81(96)106-66-31-26-61-101-76(91)41-46-86(47-42-77(92)102-62-27-32-67-107-82(97)72(17-7)37-22-12-2)51-53-88(50-45-80(95)105-65-30-35-70-110-85(100)75(20-10)40-25-15-5)54-56-90-59-57-89(58-60-90)55-52-87(48-43-78(93)103-63-28-33-68-108-83(98)73(18-8)38-23-13-3)49-44-79(94)104-64-29-34-69-109-84(99)74(19-9)39-24-14-4/h71-75H,11-70H2,1-10H3. The SMILES string of the molecule is CCCCC(CC)C(=O)OCCCCOC(=O)CCN(CCC(=O)OCCCCOC(=O)C(CC)CCCC)CCN(CCC(=O)OCCCCOC(=O)C(CC)CCCC)CCN1CCN(CCN(CCC(=O)OCCCCOC(=O)C(CC)CCCC)CCC(=O)OCCCCOC(=O)C(CC)CCCC)CC1. The molecule has 1 saturated heterocycles. The van der Waals surface area contributed by atoms with E-state index in [1.54, 1.807) is 0 Å². The Labute approximate surface area is 664 Å². The summed E-state index contributed by atoms with van der Waals surface area (Å²) in [6.07, 6.45) is 23.8. The van der Waals surface area contributed by atoms with Crippen molar-refractivity contribution in [1.29, 1.82) is 0 Å². The van der Waals surface area contributed by atoms with E-state index in [9.17, 15) is 47.9 Å². The van der Waals surface area contributed by atoms with Gasteiger partial charge in [0, 0.05) is 98.2 Å². The topological polar surface area (TPSA) is 279 Å². The van der Waals surface area contributed by atoms with Crippen molar-refractivity contribution in [2.75, 3.05) is 164 Å². The molecule has 0 amide bonds. The van der Waals surface area contributed by atoms with E-state index in [0.29, 0.717) is 136 Å². The smallest absolute Gasteiger partial charge is 0.308 e. The first kappa shape index (κ1) is 103. The Kier molecular flexibility index (Phi) is 65.4. The van der Waals surface area contributed by atoms with Crippen molar-refractivity contribution >= 4 is 59.7 Å². The van der Waals surface area contributed by atoms with Gasteiger partial charge in [0.15, 0.2) is 0 Å². The molecule has 0 spiro atoms. The predicted molar refractivity (Wildman–Crippen MR) is 428 cm³/mol. The van der Waals surface area contributed by atoms with Crippen LogP contribution < -0.4 is 0 Å². The first-order valence-corrected chi connectivity index (χ1v) is 43.6. The molecule has 5 atom stereocenters. The van der Waals surface area contributed by atoms with Gasteiger partial charge in [-0.1, -0.05) is 133 Å². The van der Waals surface area contributed by atoms with Gasteiger partial charge in [0.05, 0.1) is 128 Å². The molecule has 25 nitrogen and oxygen atoms in total. The van der Waals surface area contributed by atoms with E-state index >= 15 is 0 Å². The van der Waals surface area contributed by atoms with E-state index < -0.39 is 0 Å². The van der Waals surface area contributed by atoms with E-state index in [0.717, 1.165) is 155 Å². The average Bonchev–Trinajstić information content (AvgIpc) is 0.892. The zero-order valence-electron chi connectivity index (χ0n) is 70.7. The van der Waals surface area contributed by atoms with E-state index in [1.807, 2.05) is 39.5 Å². The van der Waals surface area contributed by atoms with Gasteiger partial charge in [-0.25, -0.2) is 0 Å². The van der Waals surface area contributed by atoms with Crippen molar-refractivity contribution < 1.29 is 95.3 Å². The maximum absolute atomic E-state index is 13.4. The number of ether oxygens (including phenoxy) is 10. The summed E-state index contributed by atoms with van der Waals surface area (Å²) >= 11 is 0. The van der Waals surface area contributed by atoms with Crippen LogP contribution in [0.3, 0.4) is 0 Å². The van der Waals surface area contributed by atoms with Gasteiger partial charge in [0.25, 0.3) is 0 Å². The lowest BCUT2D eigenvalue weighted by Crippen LogP contribution is -2.50. The van der Waals surface area contributed by atoms with Crippen LogP contribution in [0.15, 0.2) is 0 Å². The van der Waals surface area contributed by atoms with E-state index in [2.05, 4.69) is 54.2 Å². The van der Waals surface area contributed by atoms with E-state index in [-0.39, 0.29) is 187 Å². The van der Waals surface area contributed by atoms with Crippen LogP contribution in [0, 0.1) is 29.6 Å². The van der Waals surface area contributed by atoms with Gasteiger partial charge in [0.1, 0.15) is 0 Å². The molecule has 1 heterocycles. The number of piperazine rings is 1. The molecule has 5 unspecified atom stereocenters. The van der Waals surface area contributed by atoms with Crippen molar-refractivity contribution in [3.8, 4) is 0 Å². The molecule has 110 heavy (non-hydrogen) atoms. The zero-order chi connectivity index (χ0) is 81.0. The summed E-state index contributed by atoms with van der Waals surface area (Å²) in [6.45, 7) is 31.3. The molecular formula is C85H155N5O20. The highest BCUT2D eigenvalue weighted by atomic mass is 16.6. The number of carbonyl (C=O) groups excluding carboxylic acids is 10.